The van der Waals surface area contributed by atoms with Crippen LogP contribution in [0.2, 0.25) is 0 Å². The first-order valence-electron chi connectivity index (χ1n) is 6.69. The summed E-state index contributed by atoms with van der Waals surface area (Å²) in [7, 11) is 0. The fourth-order valence-corrected chi connectivity index (χ4v) is 2.40. The summed E-state index contributed by atoms with van der Waals surface area (Å²) in [5.74, 6) is -0.672. The molecule has 0 spiro atoms. The third kappa shape index (κ3) is 4.22. The van der Waals surface area contributed by atoms with Crippen LogP contribution >= 0.6 is 0 Å². The van der Waals surface area contributed by atoms with Gasteiger partial charge >= 0.3 is 0 Å². The van der Waals surface area contributed by atoms with Crippen molar-refractivity contribution in [3.63, 3.8) is 0 Å². The van der Waals surface area contributed by atoms with Crippen LogP contribution in [0.4, 0.5) is 0 Å². The van der Waals surface area contributed by atoms with Crippen LogP contribution in [0, 0.1) is 5.92 Å². The molecular weight excluding hydrogens is 246 g/mol. The van der Waals surface area contributed by atoms with E-state index in [1.54, 1.807) is 4.90 Å². The van der Waals surface area contributed by atoms with E-state index in [4.69, 9.17) is 5.73 Å². The molecule has 0 unspecified atom stereocenters. The highest BCUT2D eigenvalue weighted by Crippen LogP contribution is 2.18. The Hall–Kier alpha value is -1.59. The fourth-order valence-electron chi connectivity index (χ4n) is 2.40. The summed E-state index contributed by atoms with van der Waals surface area (Å²) in [4.78, 5) is 36.4. The molecule has 6 heteroatoms. The number of nitrogens with two attached hydrogens (primary N) is 1. The fraction of sp³-hybridized carbons (Fsp3) is 0.769. The number of amides is 3. The number of hydrogen-bond acceptors (Lipinski definition) is 3. The van der Waals surface area contributed by atoms with Gasteiger partial charge in [-0.3, -0.25) is 14.4 Å². The first kappa shape index (κ1) is 15.5. The zero-order valence-corrected chi connectivity index (χ0v) is 11.8. The normalized spacial score (nSPS) is 20.4. The first-order chi connectivity index (χ1) is 8.82. The molecule has 1 aliphatic rings. The van der Waals surface area contributed by atoms with Gasteiger partial charge in [0.15, 0.2) is 0 Å². The molecule has 1 fully saturated rings. The van der Waals surface area contributed by atoms with Gasteiger partial charge in [0, 0.05) is 13.5 Å². The molecule has 0 aromatic carbocycles. The van der Waals surface area contributed by atoms with Crippen LogP contribution in [0.25, 0.3) is 0 Å². The highest BCUT2D eigenvalue weighted by Gasteiger charge is 2.34. The van der Waals surface area contributed by atoms with Gasteiger partial charge in [-0.25, -0.2) is 0 Å². The smallest absolute Gasteiger partial charge is 0.243 e. The predicted molar refractivity (Wildman–Crippen MR) is 71.0 cm³/mol. The number of carbonyl (C=O) groups is 3. The van der Waals surface area contributed by atoms with E-state index in [1.165, 1.54) is 6.92 Å². The van der Waals surface area contributed by atoms with Crippen molar-refractivity contribution in [3.05, 3.63) is 0 Å². The molecule has 108 valence electrons. The van der Waals surface area contributed by atoms with Gasteiger partial charge < -0.3 is 16.0 Å². The number of primary amides is 1. The Balaban J connectivity index is 2.66. The molecule has 19 heavy (non-hydrogen) atoms. The topological polar surface area (TPSA) is 92.5 Å². The lowest BCUT2D eigenvalue weighted by atomic mass is 10.0. The Morgan fingerprint density at radius 1 is 1.37 bits per heavy atom. The van der Waals surface area contributed by atoms with Crippen LogP contribution in [0.3, 0.4) is 0 Å². The van der Waals surface area contributed by atoms with Crippen molar-refractivity contribution in [3.8, 4) is 0 Å². The van der Waals surface area contributed by atoms with Crippen LogP contribution in [0.5, 0.6) is 0 Å². The summed E-state index contributed by atoms with van der Waals surface area (Å²) < 4.78 is 0. The summed E-state index contributed by atoms with van der Waals surface area (Å²) in [6.45, 7) is 5.96. The van der Waals surface area contributed by atoms with Crippen molar-refractivity contribution in [2.24, 2.45) is 11.7 Å². The molecule has 2 atom stereocenters. The zero-order valence-electron chi connectivity index (χ0n) is 11.8. The minimum atomic E-state index is -0.665. The second-order valence-corrected chi connectivity index (χ2v) is 5.46. The Bertz CT molecular complexity index is 368. The number of rotatable bonds is 5. The molecular formula is C13H23N3O3. The van der Waals surface area contributed by atoms with Gasteiger partial charge in [-0.1, -0.05) is 13.8 Å². The van der Waals surface area contributed by atoms with Gasteiger partial charge in [-0.15, -0.1) is 0 Å². The van der Waals surface area contributed by atoms with Crippen molar-refractivity contribution in [2.75, 3.05) is 6.54 Å². The molecule has 0 bridgehead atoms. The van der Waals surface area contributed by atoms with E-state index in [9.17, 15) is 14.4 Å². The number of nitrogens with one attached hydrogen (secondary N) is 1. The predicted octanol–water partition coefficient (Wildman–Crippen LogP) is 0.0135. The van der Waals surface area contributed by atoms with Crippen LogP contribution in [-0.4, -0.2) is 41.2 Å². The standard InChI is InChI=1S/C13H23N3O3/c1-8(2)7-10(12(14)18)15-13(19)11-5-4-6-16(11)9(3)17/h8,10-11H,4-7H2,1-3H3,(H2,14,18)(H,15,19)/t10-,11-/m0/s1. The van der Waals surface area contributed by atoms with Gasteiger partial charge in [0.05, 0.1) is 0 Å². The summed E-state index contributed by atoms with van der Waals surface area (Å²) in [6.07, 6.45) is 1.95. The van der Waals surface area contributed by atoms with Crippen molar-refractivity contribution in [2.45, 2.75) is 52.1 Å². The summed E-state index contributed by atoms with van der Waals surface area (Å²) in [5, 5.41) is 2.67. The lowest BCUT2D eigenvalue weighted by Crippen LogP contribution is -2.52. The highest BCUT2D eigenvalue weighted by molar-refractivity contribution is 5.91. The first-order valence-corrected chi connectivity index (χ1v) is 6.69. The Kier molecular flexibility index (Phi) is 5.32. The van der Waals surface area contributed by atoms with Crippen LogP contribution in [0.15, 0.2) is 0 Å². The quantitative estimate of drug-likeness (QED) is 0.736. The Morgan fingerprint density at radius 2 is 2.00 bits per heavy atom. The van der Waals surface area contributed by atoms with E-state index in [1.807, 2.05) is 13.8 Å². The molecule has 1 aliphatic heterocycles. The van der Waals surface area contributed by atoms with Crippen molar-refractivity contribution >= 4 is 17.7 Å². The maximum Gasteiger partial charge on any atom is 0.243 e. The van der Waals surface area contributed by atoms with E-state index in [0.29, 0.717) is 19.4 Å². The van der Waals surface area contributed by atoms with Crippen LogP contribution in [-0.2, 0) is 14.4 Å². The molecule has 3 amide bonds. The number of carbonyl (C=O) groups excluding carboxylic acids is 3. The van der Waals surface area contributed by atoms with Crippen molar-refractivity contribution in [1.29, 1.82) is 0 Å². The maximum absolute atomic E-state index is 12.1. The minimum Gasteiger partial charge on any atom is -0.368 e. The lowest BCUT2D eigenvalue weighted by molar-refractivity contribution is -0.138. The minimum absolute atomic E-state index is 0.114. The molecule has 6 nitrogen and oxygen atoms in total. The third-order valence-electron chi connectivity index (χ3n) is 3.33. The van der Waals surface area contributed by atoms with E-state index in [2.05, 4.69) is 5.32 Å². The molecule has 1 rings (SSSR count). The summed E-state index contributed by atoms with van der Waals surface area (Å²) in [5.41, 5.74) is 5.29. The van der Waals surface area contributed by atoms with Crippen molar-refractivity contribution in [1.82, 2.24) is 10.2 Å². The van der Waals surface area contributed by atoms with Gasteiger partial charge in [0.2, 0.25) is 17.7 Å². The number of hydrogen-bond donors (Lipinski definition) is 2. The Labute approximate surface area is 113 Å². The number of likely N-dealkylation sites (tertiary alicyclic amines) is 1. The van der Waals surface area contributed by atoms with Gasteiger partial charge in [-0.2, -0.15) is 0 Å². The molecule has 0 aromatic rings. The largest absolute Gasteiger partial charge is 0.368 e. The maximum atomic E-state index is 12.1. The molecule has 0 aromatic heterocycles. The van der Waals surface area contributed by atoms with E-state index in [-0.39, 0.29) is 17.7 Å². The van der Waals surface area contributed by atoms with E-state index < -0.39 is 18.0 Å². The van der Waals surface area contributed by atoms with E-state index >= 15 is 0 Å². The Morgan fingerprint density at radius 3 is 2.47 bits per heavy atom. The van der Waals surface area contributed by atoms with Crippen LogP contribution < -0.4 is 11.1 Å². The zero-order chi connectivity index (χ0) is 14.6. The third-order valence-corrected chi connectivity index (χ3v) is 3.33. The van der Waals surface area contributed by atoms with Gasteiger partial charge in [0.1, 0.15) is 12.1 Å². The monoisotopic (exact) mass is 269 g/mol. The number of nitrogens with zero attached hydrogens (tertiary/aromatic N) is 1. The van der Waals surface area contributed by atoms with E-state index in [0.717, 1.165) is 6.42 Å². The SMILES string of the molecule is CC(=O)N1CCC[C@H]1C(=O)N[C@@H](CC(C)C)C(N)=O. The van der Waals surface area contributed by atoms with Gasteiger partial charge in [0.25, 0.3) is 0 Å². The average Bonchev–Trinajstić information content (AvgIpc) is 2.76. The molecule has 1 saturated heterocycles. The second-order valence-electron chi connectivity index (χ2n) is 5.46. The summed E-state index contributed by atoms with van der Waals surface area (Å²) >= 11 is 0. The average molecular weight is 269 g/mol. The summed E-state index contributed by atoms with van der Waals surface area (Å²) in [6, 6.07) is -1.13. The second kappa shape index (κ2) is 6.54. The van der Waals surface area contributed by atoms with Gasteiger partial charge in [-0.05, 0) is 25.2 Å². The molecule has 0 saturated carbocycles. The highest BCUT2D eigenvalue weighted by atomic mass is 16.2. The molecule has 3 N–H and O–H groups in total. The van der Waals surface area contributed by atoms with Crippen LogP contribution in [0.1, 0.15) is 40.0 Å². The molecule has 0 aliphatic carbocycles. The lowest BCUT2D eigenvalue weighted by Gasteiger charge is -2.25. The molecule has 1 heterocycles. The van der Waals surface area contributed by atoms with Crippen molar-refractivity contribution < 1.29 is 14.4 Å². The molecule has 0 radical (unpaired) electrons.